The van der Waals surface area contributed by atoms with E-state index in [1.807, 2.05) is 12.1 Å². The molecule has 0 saturated heterocycles. The number of fused-ring (bicyclic) bond motifs is 2. The highest BCUT2D eigenvalue weighted by molar-refractivity contribution is 5.83. The minimum absolute atomic E-state index is 0.00400. The molecule has 1 aromatic heterocycles. The van der Waals surface area contributed by atoms with Crippen molar-refractivity contribution in [3.8, 4) is 28.4 Å². The minimum Gasteiger partial charge on any atom is -0.493 e. The molecular weight excluding hydrogens is 458 g/mol. The Morgan fingerprint density at radius 2 is 1.86 bits per heavy atom. The Hall–Kier alpha value is -4.26. The van der Waals surface area contributed by atoms with Gasteiger partial charge in [0.25, 0.3) is 5.91 Å². The monoisotopic (exact) mass is 485 g/mol. The lowest BCUT2D eigenvalue weighted by atomic mass is 9.88. The summed E-state index contributed by atoms with van der Waals surface area (Å²) in [5.41, 5.74) is 3.72. The lowest BCUT2D eigenvalue weighted by molar-refractivity contribution is -0.123. The zero-order chi connectivity index (χ0) is 25.1. The van der Waals surface area contributed by atoms with Gasteiger partial charge < -0.3 is 23.9 Å². The van der Waals surface area contributed by atoms with Gasteiger partial charge in [0.05, 0.1) is 31.2 Å². The fourth-order valence-corrected chi connectivity index (χ4v) is 4.69. The highest BCUT2D eigenvalue weighted by Gasteiger charge is 2.21. The number of methoxy groups -OCH3 is 2. The average molecular weight is 486 g/mol. The molecular formula is C29H27NO6. The predicted molar refractivity (Wildman–Crippen MR) is 137 cm³/mol. The maximum atomic E-state index is 13.1. The van der Waals surface area contributed by atoms with E-state index in [2.05, 4.69) is 17.4 Å². The fraction of sp³-hybridized carbons (Fsp3) is 0.241. The van der Waals surface area contributed by atoms with E-state index in [-0.39, 0.29) is 24.0 Å². The first-order valence-electron chi connectivity index (χ1n) is 11.9. The third-order valence-corrected chi connectivity index (χ3v) is 6.52. The van der Waals surface area contributed by atoms with E-state index >= 15 is 0 Å². The summed E-state index contributed by atoms with van der Waals surface area (Å²) in [4.78, 5) is 25.7. The minimum atomic E-state index is -0.193. The number of carbonyl (C=O) groups excluding carboxylic acids is 1. The standard InChI is InChI=1S/C29H27NO6/c1-33-25-13-10-19(14-27(25)34-2)23-16-36-26-15-20(11-12-22(26)29(23)32)35-17-28(31)30-24-9-5-7-18-6-3-4-8-21(18)24/h3-4,6,8,10-16,24H,5,7,9,17H2,1-2H3,(H,30,31). The van der Waals surface area contributed by atoms with Crippen molar-refractivity contribution in [2.24, 2.45) is 0 Å². The lowest BCUT2D eigenvalue weighted by Gasteiger charge is -2.26. The number of hydrogen-bond acceptors (Lipinski definition) is 6. The van der Waals surface area contributed by atoms with Crippen LogP contribution < -0.4 is 25.0 Å². The van der Waals surface area contributed by atoms with Gasteiger partial charge in [0.2, 0.25) is 0 Å². The van der Waals surface area contributed by atoms with Crippen molar-refractivity contribution >= 4 is 16.9 Å². The van der Waals surface area contributed by atoms with Crippen LogP contribution in [0.3, 0.4) is 0 Å². The molecule has 1 N–H and O–H groups in total. The number of carbonyl (C=O) groups is 1. The summed E-state index contributed by atoms with van der Waals surface area (Å²) in [6.45, 7) is -0.127. The second kappa shape index (κ2) is 10.2. The first-order chi connectivity index (χ1) is 17.6. The van der Waals surface area contributed by atoms with Gasteiger partial charge in [-0.15, -0.1) is 0 Å². The molecule has 4 aromatic rings. The van der Waals surface area contributed by atoms with Crippen molar-refractivity contribution in [3.63, 3.8) is 0 Å². The van der Waals surface area contributed by atoms with Crippen LogP contribution in [-0.4, -0.2) is 26.7 Å². The first-order valence-corrected chi connectivity index (χ1v) is 11.9. The number of benzene rings is 3. The number of aryl methyl sites for hydroxylation is 1. The Bertz CT molecular complexity index is 1470. The van der Waals surface area contributed by atoms with E-state index in [0.29, 0.717) is 39.3 Å². The van der Waals surface area contributed by atoms with Gasteiger partial charge in [-0.2, -0.15) is 0 Å². The Labute approximate surface area is 208 Å². The number of nitrogens with one attached hydrogen (secondary N) is 1. The first kappa shape index (κ1) is 23.5. The molecule has 7 heteroatoms. The van der Waals surface area contributed by atoms with Crippen LogP contribution in [0.5, 0.6) is 17.2 Å². The Morgan fingerprint density at radius 3 is 2.69 bits per heavy atom. The lowest BCUT2D eigenvalue weighted by Crippen LogP contribution is -2.34. The number of ether oxygens (including phenoxy) is 3. The Kier molecular flexibility index (Phi) is 6.62. The van der Waals surface area contributed by atoms with Crippen molar-refractivity contribution in [2.45, 2.75) is 25.3 Å². The van der Waals surface area contributed by atoms with Gasteiger partial charge in [-0.05, 0) is 60.2 Å². The van der Waals surface area contributed by atoms with Crippen LogP contribution in [0.4, 0.5) is 0 Å². The summed E-state index contributed by atoms with van der Waals surface area (Å²) in [7, 11) is 3.10. The summed E-state index contributed by atoms with van der Waals surface area (Å²) in [6, 6.07) is 18.4. The van der Waals surface area contributed by atoms with Crippen molar-refractivity contribution in [2.75, 3.05) is 20.8 Å². The second-order valence-corrected chi connectivity index (χ2v) is 8.71. The SMILES string of the molecule is COc1ccc(-c2coc3cc(OCC(=O)NC4CCCc5ccccc54)ccc3c2=O)cc1OC. The maximum absolute atomic E-state index is 13.1. The molecule has 0 radical (unpaired) electrons. The predicted octanol–water partition coefficient (Wildman–Crippen LogP) is 5.05. The Balaban J connectivity index is 1.30. The molecule has 1 aliphatic carbocycles. The molecule has 0 aliphatic heterocycles. The van der Waals surface area contributed by atoms with Crippen LogP contribution in [0.1, 0.15) is 30.0 Å². The van der Waals surface area contributed by atoms with Gasteiger partial charge in [0.15, 0.2) is 23.5 Å². The summed E-state index contributed by atoms with van der Waals surface area (Å²) in [6.07, 6.45) is 4.40. The van der Waals surface area contributed by atoms with Crippen LogP contribution >= 0.6 is 0 Å². The van der Waals surface area contributed by atoms with Crippen molar-refractivity contribution in [1.29, 1.82) is 0 Å². The summed E-state index contributed by atoms with van der Waals surface area (Å²) in [5, 5.41) is 3.49. The zero-order valence-electron chi connectivity index (χ0n) is 20.2. The number of hydrogen-bond donors (Lipinski definition) is 1. The van der Waals surface area contributed by atoms with E-state index < -0.39 is 0 Å². The highest BCUT2D eigenvalue weighted by Crippen LogP contribution is 2.32. The van der Waals surface area contributed by atoms with Crippen molar-refractivity contribution < 1.29 is 23.4 Å². The topological polar surface area (TPSA) is 87.0 Å². The molecule has 0 spiro atoms. The third-order valence-electron chi connectivity index (χ3n) is 6.52. The molecule has 36 heavy (non-hydrogen) atoms. The molecule has 1 unspecified atom stereocenters. The quantitative estimate of drug-likeness (QED) is 0.394. The molecule has 3 aromatic carbocycles. The fourth-order valence-electron chi connectivity index (χ4n) is 4.69. The van der Waals surface area contributed by atoms with E-state index in [1.165, 1.54) is 17.4 Å². The zero-order valence-corrected chi connectivity index (χ0v) is 20.2. The highest BCUT2D eigenvalue weighted by atomic mass is 16.5. The molecule has 184 valence electrons. The molecule has 1 aliphatic rings. The molecule has 0 bridgehead atoms. The van der Waals surface area contributed by atoms with Crippen LogP contribution in [0.15, 0.2) is 76.1 Å². The molecule has 5 rings (SSSR count). The number of amides is 1. The smallest absolute Gasteiger partial charge is 0.258 e. The molecule has 0 saturated carbocycles. The van der Waals surface area contributed by atoms with E-state index in [1.54, 1.807) is 50.6 Å². The summed E-state index contributed by atoms with van der Waals surface area (Å²) < 4.78 is 22.1. The largest absolute Gasteiger partial charge is 0.493 e. The molecule has 0 fully saturated rings. The maximum Gasteiger partial charge on any atom is 0.258 e. The van der Waals surface area contributed by atoms with Crippen molar-refractivity contribution in [1.82, 2.24) is 5.32 Å². The second-order valence-electron chi connectivity index (χ2n) is 8.71. The molecule has 1 heterocycles. The molecule has 7 nitrogen and oxygen atoms in total. The van der Waals surface area contributed by atoms with E-state index in [9.17, 15) is 9.59 Å². The summed E-state index contributed by atoms with van der Waals surface area (Å²) >= 11 is 0. The van der Waals surface area contributed by atoms with Crippen LogP contribution in [0.25, 0.3) is 22.1 Å². The van der Waals surface area contributed by atoms with Gasteiger partial charge >= 0.3 is 0 Å². The van der Waals surface area contributed by atoms with Crippen LogP contribution in [0.2, 0.25) is 0 Å². The summed E-state index contributed by atoms with van der Waals surface area (Å²) in [5.74, 6) is 1.35. The van der Waals surface area contributed by atoms with Gasteiger partial charge in [-0.3, -0.25) is 9.59 Å². The van der Waals surface area contributed by atoms with Gasteiger partial charge in [-0.1, -0.05) is 30.3 Å². The average Bonchev–Trinajstić information content (AvgIpc) is 2.92. The van der Waals surface area contributed by atoms with Crippen molar-refractivity contribution in [3.05, 3.63) is 88.3 Å². The number of rotatable bonds is 7. The third kappa shape index (κ3) is 4.64. The van der Waals surface area contributed by atoms with E-state index in [0.717, 1.165) is 19.3 Å². The van der Waals surface area contributed by atoms with Crippen LogP contribution in [0, 0.1) is 0 Å². The normalized spacial score (nSPS) is 14.7. The Morgan fingerprint density at radius 1 is 1.03 bits per heavy atom. The van der Waals surface area contributed by atoms with Crippen LogP contribution in [-0.2, 0) is 11.2 Å². The van der Waals surface area contributed by atoms with Gasteiger partial charge in [-0.25, -0.2) is 0 Å². The molecule has 1 atom stereocenters. The molecule has 1 amide bonds. The van der Waals surface area contributed by atoms with Gasteiger partial charge in [0.1, 0.15) is 17.6 Å². The van der Waals surface area contributed by atoms with E-state index in [4.69, 9.17) is 18.6 Å². The van der Waals surface area contributed by atoms with Gasteiger partial charge in [0, 0.05) is 6.07 Å².